The van der Waals surface area contributed by atoms with Crippen LogP contribution in [0.5, 0.6) is 0 Å². The number of benzene rings is 1. The van der Waals surface area contributed by atoms with Crippen LogP contribution in [0.15, 0.2) is 42.6 Å². The third kappa shape index (κ3) is 2.04. The summed E-state index contributed by atoms with van der Waals surface area (Å²) in [6.45, 7) is 4.27. The lowest BCUT2D eigenvalue weighted by Crippen LogP contribution is -1.98. The Morgan fingerprint density at radius 1 is 1.00 bits per heavy atom. The molecule has 0 aliphatic rings. The third-order valence-electron chi connectivity index (χ3n) is 2.38. The third-order valence-corrected chi connectivity index (χ3v) is 2.38. The van der Waals surface area contributed by atoms with Gasteiger partial charge in [0.2, 0.25) is 0 Å². The normalized spacial score (nSPS) is 10.6. The van der Waals surface area contributed by atoms with Crippen molar-refractivity contribution < 1.29 is 0 Å². The maximum atomic E-state index is 4.20. The van der Waals surface area contributed by atoms with Crippen molar-refractivity contribution in [3.05, 3.63) is 48.3 Å². The van der Waals surface area contributed by atoms with E-state index in [0.717, 1.165) is 5.69 Å². The van der Waals surface area contributed by atoms with Crippen LogP contribution in [0, 0.1) is 0 Å². The Hall–Kier alpha value is -1.70. The summed E-state index contributed by atoms with van der Waals surface area (Å²) in [5.74, 6) is 0.397. The van der Waals surface area contributed by atoms with E-state index in [4.69, 9.17) is 0 Å². The van der Waals surface area contributed by atoms with Crippen LogP contribution in [0.25, 0.3) is 11.1 Å². The molecule has 0 N–H and O–H groups in total. The van der Waals surface area contributed by atoms with Crippen molar-refractivity contribution >= 4 is 0 Å². The van der Waals surface area contributed by atoms with E-state index < -0.39 is 0 Å². The molecule has 0 spiro atoms. The fourth-order valence-electron chi connectivity index (χ4n) is 1.63. The number of aromatic nitrogens is 2. The minimum Gasteiger partial charge on any atom is -0.159 e. The molecule has 0 atom stereocenters. The van der Waals surface area contributed by atoms with Gasteiger partial charge in [-0.1, -0.05) is 44.2 Å². The monoisotopic (exact) mass is 198 g/mol. The van der Waals surface area contributed by atoms with Gasteiger partial charge in [-0.2, -0.15) is 10.2 Å². The van der Waals surface area contributed by atoms with Crippen LogP contribution in [0.1, 0.15) is 25.5 Å². The molecule has 0 radical (unpaired) electrons. The number of hydrogen-bond donors (Lipinski definition) is 0. The molecule has 2 nitrogen and oxygen atoms in total. The van der Waals surface area contributed by atoms with Gasteiger partial charge in [0.15, 0.2) is 0 Å². The Labute approximate surface area is 90.0 Å². The minimum absolute atomic E-state index is 0.397. The largest absolute Gasteiger partial charge is 0.159 e. The Morgan fingerprint density at radius 2 is 1.73 bits per heavy atom. The second-order valence-corrected chi connectivity index (χ2v) is 3.85. The minimum atomic E-state index is 0.397. The van der Waals surface area contributed by atoms with Gasteiger partial charge in [0.1, 0.15) is 0 Å². The zero-order valence-electron chi connectivity index (χ0n) is 9.01. The molecule has 0 aliphatic carbocycles. The average molecular weight is 198 g/mol. The first-order valence-electron chi connectivity index (χ1n) is 5.16. The molecular weight excluding hydrogens is 184 g/mol. The van der Waals surface area contributed by atoms with Gasteiger partial charge in [-0.3, -0.25) is 0 Å². The summed E-state index contributed by atoms with van der Waals surface area (Å²) in [6.07, 6.45) is 1.74. The van der Waals surface area contributed by atoms with Crippen LogP contribution in [0.4, 0.5) is 0 Å². The summed E-state index contributed by atoms with van der Waals surface area (Å²) >= 11 is 0. The summed E-state index contributed by atoms with van der Waals surface area (Å²) in [4.78, 5) is 0. The van der Waals surface area contributed by atoms with E-state index in [1.54, 1.807) is 6.20 Å². The van der Waals surface area contributed by atoms with Crippen molar-refractivity contribution in [2.45, 2.75) is 19.8 Å². The molecule has 0 amide bonds. The molecule has 15 heavy (non-hydrogen) atoms. The Kier molecular flexibility index (Phi) is 2.77. The fourth-order valence-corrected chi connectivity index (χ4v) is 1.63. The summed E-state index contributed by atoms with van der Waals surface area (Å²) in [6, 6.07) is 12.3. The van der Waals surface area contributed by atoms with Crippen LogP contribution in [-0.4, -0.2) is 10.2 Å². The van der Waals surface area contributed by atoms with Gasteiger partial charge in [0, 0.05) is 5.56 Å². The highest BCUT2D eigenvalue weighted by Crippen LogP contribution is 2.26. The van der Waals surface area contributed by atoms with Crippen molar-refractivity contribution in [1.29, 1.82) is 0 Å². The number of nitrogens with zero attached hydrogens (tertiary/aromatic N) is 2. The van der Waals surface area contributed by atoms with Crippen molar-refractivity contribution in [1.82, 2.24) is 10.2 Å². The van der Waals surface area contributed by atoms with Gasteiger partial charge < -0.3 is 0 Å². The smallest absolute Gasteiger partial charge is 0.0734 e. The van der Waals surface area contributed by atoms with Crippen molar-refractivity contribution in [2.24, 2.45) is 0 Å². The second-order valence-electron chi connectivity index (χ2n) is 3.85. The predicted molar refractivity (Wildman–Crippen MR) is 61.6 cm³/mol. The van der Waals surface area contributed by atoms with Crippen LogP contribution in [-0.2, 0) is 0 Å². The average Bonchev–Trinajstić information content (AvgIpc) is 2.30. The first kappa shape index (κ1) is 9.84. The zero-order valence-corrected chi connectivity index (χ0v) is 9.01. The number of rotatable bonds is 2. The molecule has 0 unspecified atom stereocenters. The highest BCUT2D eigenvalue weighted by atomic mass is 15.1. The molecule has 1 aromatic carbocycles. The summed E-state index contributed by atoms with van der Waals surface area (Å²) < 4.78 is 0. The molecule has 2 heteroatoms. The molecule has 0 saturated carbocycles. The summed E-state index contributed by atoms with van der Waals surface area (Å²) in [7, 11) is 0. The molecule has 1 heterocycles. The van der Waals surface area contributed by atoms with Gasteiger partial charge in [0.05, 0.1) is 11.9 Å². The summed E-state index contributed by atoms with van der Waals surface area (Å²) in [5.41, 5.74) is 3.44. The molecule has 76 valence electrons. The first-order chi connectivity index (χ1) is 7.29. The lowest BCUT2D eigenvalue weighted by molar-refractivity contribution is 0.788. The van der Waals surface area contributed by atoms with Crippen molar-refractivity contribution in [2.75, 3.05) is 0 Å². The molecule has 2 rings (SSSR count). The Morgan fingerprint density at radius 3 is 2.40 bits per heavy atom. The summed E-state index contributed by atoms with van der Waals surface area (Å²) in [5, 5.41) is 8.15. The van der Waals surface area contributed by atoms with E-state index in [1.807, 2.05) is 24.3 Å². The quantitative estimate of drug-likeness (QED) is 0.740. The topological polar surface area (TPSA) is 25.8 Å². The standard InChI is InChI=1S/C13H14N2/c1-10(2)13-12(8-9-14-15-13)11-6-4-3-5-7-11/h3-10H,1-2H3. The Bertz CT molecular complexity index is 435. The van der Waals surface area contributed by atoms with E-state index in [-0.39, 0.29) is 0 Å². The SMILES string of the molecule is CC(C)c1nnccc1-c1ccccc1. The zero-order chi connectivity index (χ0) is 10.7. The number of hydrogen-bond acceptors (Lipinski definition) is 2. The molecule has 0 bridgehead atoms. The van der Waals surface area contributed by atoms with Crippen molar-refractivity contribution in [3.63, 3.8) is 0 Å². The highest BCUT2D eigenvalue weighted by Gasteiger charge is 2.09. The molecule has 0 fully saturated rings. The molecule has 0 saturated heterocycles. The maximum Gasteiger partial charge on any atom is 0.0734 e. The fraction of sp³-hybridized carbons (Fsp3) is 0.231. The van der Waals surface area contributed by atoms with Gasteiger partial charge in [-0.25, -0.2) is 0 Å². The van der Waals surface area contributed by atoms with E-state index in [2.05, 4.69) is 36.2 Å². The first-order valence-corrected chi connectivity index (χ1v) is 5.16. The predicted octanol–water partition coefficient (Wildman–Crippen LogP) is 3.27. The van der Waals surface area contributed by atoms with Gasteiger partial charge >= 0.3 is 0 Å². The van der Waals surface area contributed by atoms with Gasteiger partial charge in [0.25, 0.3) is 0 Å². The van der Waals surface area contributed by atoms with Crippen LogP contribution in [0.2, 0.25) is 0 Å². The second kappa shape index (κ2) is 4.22. The molecular formula is C13H14N2. The molecule has 1 aromatic heterocycles. The molecule has 0 aliphatic heterocycles. The van der Waals surface area contributed by atoms with E-state index in [9.17, 15) is 0 Å². The van der Waals surface area contributed by atoms with Crippen LogP contribution < -0.4 is 0 Å². The maximum absolute atomic E-state index is 4.20. The van der Waals surface area contributed by atoms with Crippen LogP contribution in [0.3, 0.4) is 0 Å². The van der Waals surface area contributed by atoms with Gasteiger partial charge in [-0.05, 0) is 17.5 Å². The van der Waals surface area contributed by atoms with E-state index >= 15 is 0 Å². The van der Waals surface area contributed by atoms with Crippen LogP contribution >= 0.6 is 0 Å². The lowest BCUT2D eigenvalue weighted by Gasteiger charge is -2.09. The highest BCUT2D eigenvalue weighted by molar-refractivity contribution is 5.65. The van der Waals surface area contributed by atoms with E-state index in [0.29, 0.717) is 5.92 Å². The molecule has 2 aromatic rings. The lowest BCUT2D eigenvalue weighted by atomic mass is 9.99. The van der Waals surface area contributed by atoms with Gasteiger partial charge in [-0.15, -0.1) is 0 Å². The van der Waals surface area contributed by atoms with Crippen molar-refractivity contribution in [3.8, 4) is 11.1 Å². The Balaban J connectivity index is 2.53. The van der Waals surface area contributed by atoms with E-state index in [1.165, 1.54) is 11.1 Å².